The number of nitrogen functional groups attached to an aromatic ring is 1. The number of hydrogen-bond donors (Lipinski definition) is 3. The van der Waals surface area contributed by atoms with Crippen molar-refractivity contribution in [1.82, 2.24) is 4.90 Å². The Bertz CT molecular complexity index is 962. The molecule has 0 bridgehead atoms. The van der Waals surface area contributed by atoms with Crippen molar-refractivity contribution in [3.8, 4) is 11.5 Å². The zero-order valence-corrected chi connectivity index (χ0v) is 17.8. The van der Waals surface area contributed by atoms with Crippen molar-refractivity contribution >= 4 is 11.8 Å². The molecule has 7 nitrogen and oxygen atoms in total. The van der Waals surface area contributed by atoms with E-state index >= 15 is 0 Å². The zero-order valence-electron chi connectivity index (χ0n) is 17.8. The summed E-state index contributed by atoms with van der Waals surface area (Å²) < 4.78 is 11.3. The molecular formula is C25H28N2O5. The van der Waals surface area contributed by atoms with Crippen LogP contribution in [0.4, 0.5) is 10.5 Å². The van der Waals surface area contributed by atoms with Crippen LogP contribution in [0.5, 0.6) is 11.5 Å². The van der Waals surface area contributed by atoms with E-state index in [1.165, 1.54) is 4.90 Å². The number of ether oxygens (including phenoxy) is 2. The van der Waals surface area contributed by atoms with Crippen molar-refractivity contribution in [3.05, 3.63) is 90.0 Å². The fraction of sp³-hybridized carbons (Fsp3) is 0.240. The van der Waals surface area contributed by atoms with Crippen molar-refractivity contribution in [1.29, 1.82) is 0 Å². The first-order valence-electron chi connectivity index (χ1n) is 10.4. The molecule has 0 aliphatic rings. The Labute approximate surface area is 187 Å². The highest BCUT2D eigenvalue weighted by Gasteiger charge is 2.17. The molecule has 168 valence electrons. The summed E-state index contributed by atoms with van der Waals surface area (Å²) in [5, 5.41) is 19.7. The van der Waals surface area contributed by atoms with Gasteiger partial charge in [0.2, 0.25) is 0 Å². The fourth-order valence-corrected chi connectivity index (χ4v) is 3.09. The summed E-state index contributed by atoms with van der Waals surface area (Å²) in [7, 11) is 0. The van der Waals surface area contributed by atoms with Gasteiger partial charge in [-0.15, -0.1) is 0 Å². The van der Waals surface area contributed by atoms with Gasteiger partial charge in [-0.1, -0.05) is 42.5 Å². The third-order valence-corrected chi connectivity index (χ3v) is 4.87. The van der Waals surface area contributed by atoms with Crippen LogP contribution < -0.4 is 15.2 Å². The molecule has 3 rings (SSSR count). The highest BCUT2D eigenvalue weighted by molar-refractivity contribution is 5.65. The van der Waals surface area contributed by atoms with E-state index in [2.05, 4.69) is 0 Å². The smallest absolute Gasteiger partial charge is 0.407 e. The molecule has 1 atom stereocenters. The van der Waals surface area contributed by atoms with E-state index in [0.29, 0.717) is 30.2 Å². The molecule has 0 aromatic heterocycles. The molecule has 0 aliphatic heterocycles. The van der Waals surface area contributed by atoms with Gasteiger partial charge >= 0.3 is 6.09 Å². The predicted molar refractivity (Wildman–Crippen MR) is 123 cm³/mol. The second-order valence-corrected chi connectivity index (χ2v) is 7.43. The van der Waals surface area contributed by atoms with Crippen LogP contribution in [0, 0.1) is 0 Å². The molecule has 0 saturated heterocycles. The van der Waals surface area contributed by atoms with E-state index in [4.69, 9.17) is 15.2 Å². The summed E-state index contributed by atoms with van der Waals surface area (Å²) in [5.74, 6) is 1.28. The quantitative estimate of drug-likeness (QED) is 0.395. The standard InChI is InChI=1S/C25H28N2O5/c26-21-8-6-19(7-9-21)14-15-27(25(29)30)16-22(28)18-32-24-12-10-23(11-13-24)31-17-20-4-2-1-3-5-20/h1-13,22,28H,14-18,26H2,(H,29,30)/t22-/m0/s1. The Morgan fingerprint density at radius 3 is 2.12 bits per heavy atom. The molecule has 3 aromatic carbocycles. The molecule has 0 saturated carbocycles. The summed E-state index contributed by atoms with van der Waals surface area (Å²) in [5.41, 5.74) is 8.38. The van der Waals surface area contributed by atoms with Crippen LogP contribution in [0.25, 0.3) is 0 Å². The number of hydrogen-bond acceptors (Lipinski definition) is 5. The molecule has 0 aliphatic carbocycles. The number of aliphatic hydroxyl groups excluding tert-OH is 1. The third-order valence-electron chi connectivity index (χ3n) is 4.87. The van der Waals surface area contributed by atoms with Crippen LogP contribution in [-0.2, 0) is 13.0 Å². The molecule has 0 unspecified atom stereocenters. The molecular weight excluding hydrogens is 408 g/mol. The summed E-state index contributed by atoms with van der Waals surface area (Å²) in [4.78, 5) is 12.7. The van der Waals surface area contributed by atoms with Gasteiger partial charge in [0.05, 0.1) is 6.54 Å². The van der Waals surface area contributed by atoms with Crippen molar-refractivity contribution in [3.63, 3.8) is 0 Å². The Kier molecular flexibility index (Phi) is 8.34. The normalized spacial score (nSPS) is 11.5. The van der Waals surface area contributed by atoms with Crippen molar-refractivity contribution < 1.29 is 24.5 Å². The van der Waals surface area contributed by atoms with Gasteiger partial charge in [0.15, 0.2) is 0 Å². The molecule has 0 spiro atoms. The maximum absolute atomic E-state index is 11.5. The minimum absolute atomic E-state index is 0.0180. The molecule has 4 N–H and O–H groups in total. The highest BCUT2D eigenvalue weighted by atomic mass is 16.5. The van der Waals surface area contributed by atoms with Gasteiger partial charge in [0.1, 0.15) is 30.8 Å². The molecule has 3 aromatic rings. The minimum Gasteiger partial charge on any atom is -0.491 e. The second-order valence-electron chi connectivity index (χ2n) is 7.43. The van der Waals surface area contributed by atoms with Gasteiger partial charge in [-0.05, 0) is 53.9 Å². The Morgan fingerprint density at radius 2 is 1.50 bits per heavy atom. The lowest BCUT2D eigenvalue weighted by Crippen LogP contribution is -2.40. The maximum atomic E-state index is 11.5. The first-order valence-corrected chi connectivity index (χ1v) is 10.4. The van der Waals surface area contributed by atoms with Crippen molar-refractivity contribution in [2.24, 2.45) is 0 Å². The third kappa shape index (κ3) is 7.52. The number of aliphatic hydroxyl groups is 1. The Morgan fingerprint density at radius 1 is 0.875 bits per heavy atom. The zero-order chi connectivity index (χ0) is 22.8. The number of carboxylic acid groups (broad SMARTS) is 1. The summed E-state index contributed by atoms with van der Waals surface area (Å²) >= 11 is 0. The SMILES string of the molecule is Nc1ccc(CCN(C[C@H](O)COc2ccc(OCc3ccccc3)cc2)C(=O)O)cc1. The van der Waals surface area contributed by atoms with Gasteiger partial charge in [0, 0.05) is 12.2 Å². The highest BCUT2D eigenvalue weighted by Crippen LogP contribution is 2.19. The van der Waals surface area contributed by atoms with Crippen LogP contribution >= 0.6 is 0 Å². The number of anilines is 1. The summed E-state index contributed by atoms with van der Waals surface area (Å²) in [6.07, 6.45) is -1.50. The molecule has 0 radical (unpaired) electrons. The average Bonchev–Trinajstić information content (AvgIpc) is 2.81. The van der Waals surface area contributed by atoms with E-state index in [1.807, 2.05) is 42.5 Å². The second kappa shape index (κ2) is 11.6. The van der Waals surface area contributed by atoms with Crippen LogP contribution in [0.3, 0.4) is 0 Å². The monoisotopic (exact) mass is 436 g/mol. The van der Waals surface area contributed by atoms with Crippen LogP contribution in [-0.4, -0.2) is 47.0 Å². The maximum Gasteiger partial charge on any atom is 0.407 e. The summed E-state index contributed by atoms with van der Waals surface area (Å²) in [6.45, 7) is 0.684. The largest absolute Gasteiger partial charge is 0.491 e. The van der Waals surface area contributed by atoms with Gasteiger partial charge in [0.25, 0.3) is 0 Å². The topological polar surface area (TPSA) is 105 Å². The van der Waals surface area contributed by atoms with Crippen molar-refractivity contribution in [2.75, 3.05) is 25.4 Å². The predicted octanol–water partition coefficient (Wildman–Crippen LogP) is 3.81. The Balaban J connectivity index is 1.42. The molecule has 7 heteroatoms. The number of rotatable bonds is 11. The van der Waals surface area contributed by atoms with E-state index in [1.54, 1.807) is 36.4 Å². The lowest BCUT2D eigenvalue weighted by atomic mass is 10.1. The molecule has 0 fully saturated rings. The first-order chi connectivity index (χ1) is 15.5. The van der Waals surface area contributed by atoms with Gasteiger partial charge in [-0.3, -0.25) is 0 Å². The van der Waals surface area contributed by atoms with Crippen LogP contribution in [0.2, 0.25) is 0 Å². The number of amides is 1. The lowest BCUT2D eigenvalue weighted by Gasteiger charge is -2.22. The van der Waals surface area contributed by atoms with Gasteiger partial charge < -0.3 is 30.3 Å². The average molecular weight is 437 g/mol. The van der Waals surface area contributed by atoms with E-state index < -0.39 is 12.2 Å². The van der Waals surface area contributed by atoms with Gasteiger partial charge in [-0.2, -0.15) is 0 Å². The van der Waals surface area contributed by atoms with E-state index in [0.717, 1.165) is 11.1 Å². The number of benzene rings is 3. The Hall–Kier alpha value is -3.71. The number of nitrogens with zero attached hydrogens (tertiary/aromatic N) is 1. The molecule has 1 amide bonds. The molecule has 32 heavy (non-hydrogen) atoms. The van der Waals surface area contributed by atoms with Crippen LogP contribution in [0.15, 0.2) is 78.9 Å². The van der Waals surface area contributed by atoms with Gasteiger partial charge in [-0.25, -0.2) is 4.79 Å². The van der Waals surface area contributed by atoms with Crippen LogP contribution in [0.1, 0.15) is 11.1 Å². The summed E-state index contributed by atoms with van der Waals surface area (Å²) in [6, 6.07) is 24.2. The number of carbonyl (C=O) groups is 1. The van der Waals surface area contributed by atoms with Crippen molar-refractivity contribution in [2.45, 2.75) is 19.1 Å². The lowest BCUT2D eigenvalue weighted by molar-refractivity contribution is 0.0655. The number of nitrogens with two attached hydrogens (primary N) is 1. The molecule has 0 heterocycles. The van der Waals surface area contributed by atoms with E-state index in [-0.39, 0.29) is 19.7 Å². The fourth-order valence-electron chi connectivity index (χ4n) is 3.09. The first kappa shape index (κ1) is 23.0. The van der Waals surface area contributed by atoms with E-state index in [9.17, 15) is 15.0 Å². The minimum atomic E-state index is -1.08.